The molecule has 0 unspecified atom stereocenters. The Morgan fingerprint density at radius 1 is 1.18 bits per heavy atom. The van der Waals surface area contributed by atoms with E-state index in [1.54, 1.807) is 34.1 Å². The Morgan fingerprint density at radius 3 is 2.79 bits per heavy atom. The zero-order valence-corrected chi connectivity index (χ0v) is 16.5. The molecule has 0 saturated heterocycles. The van der Waals surface area contributed by atoms with Gasteiger partial charge in [-0.3, -0.25) is 9.36 Å². The van der Waals surface area contributed by atoms with Crippen molar-refractivity contribution >= 4 is 32.9 Å². The van der Waals surface area contributed by atoms with Crippen LogP contribution in [0.3, 0.4) is 0 Å². The Bertz CT molecular complexity index is 1220. The van der Waals surface area contributed by atoms with Gasteiger partial charge in [0.25, 0.3) is 5.56 Å². The van der Waals surface area contributed by atoms with E-state index in [0.717, 1.165) is 10.4 Å². The Hall–Kier alpha value is -2.82. The molecule has 4 aromatic rings. The van der Waals surface area contributed by atoms with E-state index in [4.69, 9.17) is 10.2 Å². The number of fused-ring (bicyclic) bond motifs is 1. The number of hydrogen-bond acceptors (Lipinski definition) is 5. The molecule has 1 aromatic carbocycles. The summed E-state index contributed by atoms with van der Waals surface area (Å²) in [6.45, 7) is 0.388. The number of nitrogens with zero attached hydrogens (tertiary/aromatic N) is 3. The highest BCUT2D eigenvalue weighted by atomic mass is 32.1. The summed E-state index contributed by atoms with van der Waals surface area (Å²) in [5.74, 6) is 0.214. The lowest BCUT2D eigenvalue weighted by Crippen LogP contribution is -2.25. The van der Waals surface area contributed by atoms with Gasteiger partial charge in [-0.1, -0.05) is 24.3 Å². The molecule has 3 aromatic heterocycles. The van der Waals surface area contributed by atoms with Gasteiger partial charge in [0.1, 0.15) is 16.5 Å². The number of rotatable bonds is 6. The van der Waals surface area contributed by atoms with Gasteiger partial charge in [0.15, 0.2) is 0 Å². The lowest BCUT2D eigenvalue weighted by Gasteiger charge is -2.13. The molecule has 0 aliphatic heterocycles. The Kier molecular flexibility index (Phi) is 5.33. The zero-order chi connectivity index (χ0) is 19.5. The van der Waals surface area contributed by atoms with Gasteiger partial charge in [-0.05, 0) is 29.5 Å². The molecule has 28 heavy (non-hydrogen) atoms. The molecule has 0 fully saturated rings. The molecule has 0 saturated carbocycles. The number of hydrogen-bond donors (Lipinski definition) is 0. The monoisotopic (exact) mass is 409 g/mol. The lowest BCUT2D eigenvalue weighted by atomic mass is 10.1. The molecular weight excluding hydrogens is 393 g/mol. The van der Waals surface area contributed by atoms with Crippen LogP contribution in [0.5, 0.6) is 0 Å². The van der Waals surface area contributed by atoms with Gasteiger partial charge < -0.3 is 0 Å². The average molecular weight is 410 g/mol. The quantitative estimate of drug-likeness (QED) is 0.410. The molecule has 7 heteroatoms. The summed E-state index contributed by atoms with van der Waals surface area (Å²) in [7, 11) is 0. The minimum Gasteiger partial charge on any atom is -0.296 e. The van der Waals surface area contributed by atoms with E-state index >= 15 is 0 Å². The van der Waals surface area contributed by atoms with E-state index in [0.29, 0.717) is 41.0 Å². The third-order valence-electron chi connectivity index (χ3n) is 4.54. The molecule has 0 aliphatic rings. The van der Waals surface area contributed by atoms with Crippen LogP contribution >= 0.6 is 22.7 Å². The van der Waals surface area contributed by atoms with E-state index in [2.05, 4.69) is 6.07 Å². The maximum atomic E-state index is 14.2. The Balaban J connectivity index is 1.86. The predicted molar refractivity (Wildman–Crippen MR) is 111 cm³/mol. The van der Waals surface area contributed by atoms with Crippen LogP contribution in [0.15, 0.2) is 52.0 Å². The maximum absolute atomic E-state index is 14.2. The zero-order valence-electron chi connectivity index (χ0n) is 14.9. The van der Waals surface area contributed by atoms with Crippen LogP contribution in [0.25, 0.3) is 20.7 Å². The van der Waals surface area contributed by atoms with Crippen molar-refractivity contribution in [2.75, 3.05) is 0 Å². The van der Waals surface area contributed by atoms with Crippen LogP contribution in [0.4, 0.5) is 4.39 Å². The van der Waals surface area contributed by atoms with E-state index in [-0.39, 0.29) is 17.8 Å². The standard InChI is InChI=1S/C21H16FN3OS2/c22-16-7-2-1-6-14(16)12-18-24-20-19(21(26)25(18)10-4-3-9-23)15(13-28-20)17-8-5-11-27-17/h1-2,5-8,11,13H,3-4,10,12H2. The first kappa shape index (κ1) is 18.5. The second-order valence-electron chi connectivity index (χ2n) is 6.32. The lowest BCUT2D eigenvalue weighted by molar-refractivity contribution is 0.582. The fourth-order valence-corrected chi connectivity index (χ4v) is 4.94. The number of nitriles is 1. The minimum absolute atomic E-state index is 0.126. The summed E-state index contributed by atoms with van der Waals surface area (Å²) in [6, 6.07) is 12.6. The summed E-state index contributed by atoms with van der Waals surface area (Å²) < 4.78 is 15.8. The van der Waals surface area contributed by atoms with E-state index < -0.39 is 0 Å². The number of thiophene rings is 2. The van der Waals surface area contributed by atoms with Crippen molar-refractivity contribution in [3.05, 3.63) is 74.7 Å². The molecular formula is C21H16FN3OS2. The van der Waals surface area contributed by atoms with E-state index in [1.807, 2.05) is 22.9 Å². The molecule has 3 heterocycles. The van der Waals surface area contributed by atoms with Crippen LogP contribution in [0.2, 0.25) is 0 Å². The van der Waals surface area contributed by atoms with Crippen LogP contribution in [-0.4, -0.2) is 9.55 Å². The number of benzene rings is 1. The van der Waals surface area contributed by atoms with Gasteiger partial charge in [0.2, 0.25) is 0 Å². The number of halogens is 1. The van der Waals surface area contributed by atoms with Gasteiger partial charge in [-0.2, -0.15) is 5.26 Å². The van der Waals surface area contributed by atoms with Crippen molar-refractivity contribution in [2.24, 2.45) is 0 Å². The summed E-state index contributed by atoms with van der Waals surface area (Å²) in [5.41, 5.74) is 1.26. The topological polar surface area (TPSA) is 58.7 Å². The first-order valence-corrected chi connectivity index (χ1v) is 10.6. The highest BCUT2D eigenvalue weighted by Crippen LogP contribution is 2.34. The first-order valence-electron chi connectivity index (χ1n) is 8.84. The first-order chi connectivity index (χ1) is 13.7. The molecule has 0 spiro atoms. The van der Waals surface area contributed by atoms with Crippen LogP contribution < -0.4 is 5.56 Å². The largest absolute Gasteiger partial charge is 0.296 e. The third kappa shape index (κ3) is 3.49. The fourth-order valence-electron chi connectivity index (χ4n) is 3.17. The molecule has 0 bridgehead atoms. The van der Waals surface area contributed by atoms with E-state index in [9.17, 15) is 9.18 Å². The maximum Gasteiger partial charge on any atom is 0.262 e. The third-order valence-corrected chi connectivity index (χ3v) is 6.31. The van der Waals surface area contributed by atoms with Gasteiger partial charge in [0.05, 0.1) is 11.5 Å². The predicted octanol–water partition coefficient (Wildman–Crippen LogP) is 5.22. The second kappa shape index (κ2) is 8.05. The van der Waals surface area contributed by atoms with Crippen LogP contribution in [0.1, 0.15) is 24.2 Å². The minimum atomic E-state index is -0.314. The van der Waals surface area contributed by atoms with Gasteiger partial charge in [-0.25, -0.2) is 9.37 Å². The Labute approximate surface area is 169 Å². The molecule has 0 radical (unpaired) electrons. The molecule has 0 atom stereocenters. The van der Waals surface area contributed by atoms with Crippen molar-refractivity contribution in [3.8, 4) is 16.5 Å². The van der Waals surface area contributed by atoms with Crippen molar-refractivity contribution in [3.63, 3.8) is 0 Å². The highest BCUT2D eigenvalue weighted by molar-refractivity contribution is 7.18. The fraction of sp³-hybridized carbons (Fsp3) is 0.190. The summed E-state index contributed by atoms with van der Waals surface area (Å²) in [6.07, 6.45) is 1.13. The van der Waals surface area contributed by atoms with E-state index in [1.165, 1.54) is 17.4 Å². The van der Waals surface area contributed by atoms with Crippen molar-refractivity contribution in [2.45, 2.75) is 25.8 Å². The van der Waals surface area contributed by atoms with Crippen molar-refractivity contribution < 1.29 is 4.39 Å². The van der Waals surface area contributed by atoms with Gasteiger partial charge in [-0.15, -0.1) is 22.7 Å². The second-order valence-corrected chi connectivity index (χ2v) is 8.13. The smallest absolute Gasteiger partial charge is 0.262 e. The van der Waals surface area contributed by atoms with Crippen molar-refractivity contribution in [1.29, 1.82) is 5.26 Å². The number of unbranched alkanes of at least 4 members (excludes halogenated alkanes) is 1. The highest BCUT2D eigenvalue weighted by Gasteiger charge is 2.18. The van der Waals surface area contributed by atoms with Gasteiger partial charge >= 0.3 is 0 Å². The van der Waals surface area contributed by atoms with Crippen LogP contribution in [0, 0.1) is 17.1 Å². The molecule has 4 nitrogen and oxygen atoms in total. The Morgan fingerprint density at radius 2 is 2.04 bits per heavy atom. The van der Waals surface area contributed by atoms with Crippen molar-refractivity contribution in [1.82, 2.24) is 9.55 Å². The summed E-state index contributed by atoms with van der Waals surface area (Å²) in [5, 5.41) is 13.4. The molecule has 140 valence electrons. The van der Waals surface area contributed by atoms with Gasteiger partial charge in [0, 0.05) is 35.2 Å². The average Bonchev–Trinajstić information content (AvgIpc) is 3.35. The molecule has 0 amide bonds. The van der Waals surface area contributed by atoms with Crippen LogP contribution in [-0.2, 0) is 13.0 Å². The molecule has 0 aliphatic carbocycles. The number of aromatic nitrogens is 2. The molecule has 4 rings (SSSR count). The SMILES string of the molecule is N#CCCCn1c(Cc2ccccc2F)nc2scc(-c3cccs3)c2c1=O. The summed E-state index contributed by atoms with van der Waals surface area (Å²) in [4.78, 5) is 19.8. The normalized spacial score (nSPS) is 11.0. The molecule has 0 N–H and O–H groups in total. The summed E-state index contributed by atoms with van der Waals surface area (Å²) >= 11 is 3.01.